The molecule has 1 N–H and O–H groups in total. The maximum atomic E-state index is 6.49. The van der Waals surface area contributed by atoms with Gasteiger partial charge in [-0.05, 0) is 17.7 Å². The molecule has 0 bridgehead atoms. The number of benzene rings is 2. The lowest BCUT2D eigenvalue weighted by Crippen LogP contribution is -2.44. The summed E-state index contributed by atoms with van der Waals surface area (Å²) < 4.78 is 0. The van der Waals surface area contributed by atoms with E-state index in [2.05, 4.69) is 38.4 Å². The molecule has 124 valence electrons. The third-order valence-corrected chi connectivity index (χ3v) is 4.52. The van der Waals surface area contributed by atoms with Gasteiger partial charge in [-0.3, -0.25) is 0 Å². The number of nitrogens with zero attached hydrogens (tertiary/aromatic N) is 3. The number of piperazine rings is 1. The largest absolute Gasteiger partial charge is 0.353 e. The summed E-state index contributed by atoms with van der Waals surface area (Å²) in [5.41, 5.74) is 3.01. The van der Waals surface area contributed by atoms with Crippen molar-refractivity contribution in [1.82, 2.24) is 15.3 Å². The van der Waals surface area contributed by atoms with Gasteiger partial charge in [-0.1, -0.05) is 41.9 Å². The first kappa shape index (κ1) is 17.0. The summed E-state index contributed by atoms with van der Waals surface area (Å²) >= 11 is 6.49. The van der Waals surface area contributed by atoms with Crippen molar-refractivity contribution in [3.05, 3.63) is 53.8 Å². The first-order valence-corrected chi connectivity index (χ1v) is 8.16. The summed E-state index contributed by atoms with van der Waals surface area (Å²) in [7, 11) is 0. The molecule has 1 fully saturated rings. The third-order valence-electron chi connectivity index (χ3n) is 4.20. The number of halogens is 2. The van der Waals surface area contributed by atoms with Crippen molar-refractivity contribution in [2.45, 2.75) is 0 Å². The maximum Gasteiger partial charge on any atom is 0.139 e. The highest BCUT2D eigenvalue weighted by Gasteiger charge is 2.16. The summed E-state index contributed by atoms with van der Waals surface area (Å²) in [4.78, 5) is 11.2. The van der Waals surface area contributed by atoms with Crippen LogP contribution in [0.15, 0.2) is 48.8 Å². The lowest BCUT2D eigenvalue weighted by Gasteiger charge is -2.29. The molecule has 2 aromatic carbocycles. The normalized spacial score (nSPS) is 14.5. The molecule has 1 saturated heterocycles. The quantitative estimate of drug-likeness (QED) is 0.754. The number of rotatable bonds is 2. The predicted molar refractivity (Wildman–Crippen MR) is 102 cm³/mol. The van der Waals surface area contributed by atoms with Crippen LogP contribution in [0.1, 0.15) is 0 Å². The molecule has 2 heterocycles. The van der Waals surface area contributed by atoms with E-state index in [1.165, 1.54) is 0 Å². The molecule has 4 nitrogen and oxygen atoms in total. The molecule has 3 aromatic rings. The van der Waals surface area contributed by atoms with Crippen LogP contribution >= 0.6 is 24.0 Å². The van der Waals surface area contributed by atoms with E-state index in [4.69, 9.17) is 11.6 Å². The van der Waals surface area contributed by atoms with Crippen LogP contribution in [0.2, 0.25) is 5.02 Å². The Hall–Kier alpha value is -1.88. The maximum absolute atomic E-state index is 6.49. The van der Waals surface area contributed by atoms with E-state index in [1.54, 1.807) is 6.33 Å². The molecule has 0 amide bonds. The molecule has 6 heteroatoms. The Labute approximate surface area is 152 Å². The highest BCUT2D eigenvalue weighted by molar-refractivity contribution is 6.34. The zero-order chi connectivity index (χ0) is 15.6. The molecule has 0 spiro atoms. The van der Waals surface area contributed by atoms with Crippen LogP contribution < -0.4 is 10.2 Å². The average molecular weight is 361 g/mol. The fourth-order valence-corrected chi connectivity index (χ4v) is 3.30. The van der Waals surface area contributed by atoms with Crippen molar-refractivity contribution in [2.75, 3.05) is 31.1 Å². The van der Waals surface area contributed by atoms with E-state index in [0.717, 1.165) is 54.0 Å². The van der Waals surface area contributed by atoms with Crippen molar-refractivity contribution >= 4 is 40.7 Å². The summed E-state index contributed by atoms with van der Waals surface area (Å²) in [6, 6.07) is 14.2. The number of aromatic nitrogens is 2. The monoisotopic (exact) mass is 360 g/mol. The van der Waals surface area contributed by atoms with E-state index in [9.17, 15) is 0 Å². The average Bonchev–Trinajstić information content (AvgIpc) is 2.62. The standard InChI is InChI=1S/C18H17ClN4.ClH/c19-16-11-17-15(10-14(16)13-4-2-1-3-5-13)18(22-12-21-17)23-8-6-20-7-9-23;/h1-5,10-12,20H,6-9H2;1H. The molecule has 1 aromatic heterocycles. The van der Waals surface area contributed by atoms with Gasteiger partial charge in [0.2, 0.25) is 0 Å². The number of nitrogens with one attached hydrogen (secondary N) is 1. The van der Waals surface area contributed by atoms with Gasteiger partial charge in [-0.25, -0.2) is 9.97 Å². The molecule has 0 saturated carbocycles. The first-order chi connectivity index (χ1) is 11.3. The number of hydrogen-bond donors (Lipinski definition) is 1. The highest BCUT2D eigenvalue weighted by atomic mass is 35.5. The fraction of sp³-hybridized carbons (Fsp3) is 0.222. The molecule has 0 atom stereocenters. The van der Waals surface area contributed by atoms with E-state index < -0.39 is 0 Å². The van der Waals surface area contributed by atoms with Crippen LogP contribution in [0.4, 0.5) is 5.82 Å². The topological polar surface area (TPSA) is 41.1 Å². The molecule has 4 rings (SSSR count). The summed E-state index contributed by atoms with van der Waals surface area (Å²) in [5, 5.41) is 5.14. The molecule has 24 heavy (non-hydrogen) atoms. The van der Waals surface area contributed by atoms with Gasteiger partial charge in [0.15, 0.2) is 0 Å². The van der Waals surface area contributed by atoms with Crippen molar-refractivity contribution < 1.29 is 0 Å². The molecular formula is C18H18Cl2N4. The van der Waals surface area contributed by atoms with Gasteiger partial charge in [0.25, 0.3) is 0 Å². The second-order valence-electron chi connectivity index (χ2n) is 5.65. The molecule has 0 radical (unpaired) electrons. The second kappa shape index (κ2) is 7.34. The number of fused-ring (bicyclic) bond motifs is 1. The smallest absolute Gasteiger partial charge is 0.139 e. The van der Waals surface area contributed by atoms with Gasteiger partial charge < -0.3 is 10.2 Å². The Morgan fingerprint density at radius 2 is 1.75 bits per heavy atom. The van der Waals surface area contributed by atoms with E-state index in [1.807, 2.05) is 24.3 Å². The van der Waals surface area contributed by atoms with E-state index >= 15 is 0 Å². The van der Waals surface area contributed by atoms with E-state index in [-0.39, 0.29) is 12.4 Å². The molecule has 0 aliphatic carbocycles. The minimum atomic E-state index is 0. The van der Waals surface area contributed by atoms with Gasteiger partial charge >= 0.3 is 0 Å². The summed E-state index contributed by atoms with van der Waals surface area (Å²) in [5.74, 6) is 0.991. The van der Waals surface area contributed by atoms with Crippen LogP contribution in [-0.4, -0.2) is 36.1 Å². The van der Waals surface area contributed by atoms with Crippen molar-refractivity contribution in [1.29, 1.82) is 0 Å². The number of anilines is 1. The van der Waals surface area contributed by atoms with Gasteiger partial charge in [0, 0.05) is 37.1 Å². The molecular weight excluding hydrogens is 343 g/mol. The van der Waals surface area contributed by atoms with Crippen molar-refractivity contribution in [2.24, 2.45) is 0 Å². The van der Waals surface area contributed by atoms with Gasteiger partial charge in [-0.15, -0.1) is 12.4 Å². The Morgan fingerprint density at radius 3 is 2.50 bits per heavy atom. The Kier molecular flexibility index (Phi) is 5.19. The van der Waals surface area contributed by atoms with Gasteiger partial charge in [0.05, 0.1) is 10.5 Å². The summed E-state index contributed by atoms with van der Waals surface area (Å²) in [6.07, 6.45) is 1.62. The SMILES string of the molecule is Cl.Clc1cc2ncnc(N3CCNCC3)c2cc1-c1ccccc1. The van der Waals surface area contributed by atoms with Crippen LogP contribution in [0, 0.1) is 0 Å². The van der Waals surface area contributed by atoms with Gasteiger partial charge in [-0.2, -0.15) is 0 Å². The van der Waals surface area contributed by atoms with Crippen LogP contribution in [0.5, 0.6) is 0 Å². The molecule has 1 aliphatic rings. The number of hydrogen-bond acceptors (Lipinski definition) is 4. The Balaban J connectivity index is 0.00000169. The minimum Gasteiger partial charge on any atom is -0.353 e. The second-order valence-corrected chi connectivity index (χ2v) is 6.06. The molecule has 0 unspecified atom stereocenters. The van der Waals surface area contributed by atoms with Crippen molar-refractivity contribution in [3.8, 4) is 11.1 Å². The third kappa shape index (κ3) is 3.18. The highest BCUT2D eigenvalue weighted by Crippen LogP contribution is 2.34. The fourth-order valence-electron chi connectivity index (χ4n) is 3.03. The minimum absolute atomic E-state index is 0. The predicted octanol–water partition coefficient (Wildman–Crippen LogP) is 3.78. The zero-order valence-electron chi connectivity index (χ0n) is 13.1. The van der Waals surface area contributed by atoms with E-state index in [0.29, 0.717) is 5.02 Å². The lowest BCUT2D eigenvalue weighted by molar-refractivity contribution is 0.586. The van der Waals surface area contributed by atoms with Crippen molar-refractivity contribution in [3.63, 3.8) is 0 Å². The Bertz CT molecular complexity index is 833. The van der Waals surface area contributed by atoms with Crippen LogP contribution in [0.25, 0.3) is 22.0 Å². The summed E-state index contributed by atoms with van der Waals surface area (Å²) in [6.45, 7) is 3.86. The zero-order valence-corrected chi connectivity index (χ0v) is 14.6. The Morgan fingerprint density at radius 1 is 1.00 bits per heavy atom. The van der Waals surface area contributed by atoms with Crippen LogP contribution in [0.3, 0.4) is 0 Å². The van der Waals surface area contributed by atoms with Crippen LogP contribution in [-0.2, 0) is 0 Å². The molecule has 1 aliphatic heterocycles. The first-order valence-electron chi connectivity index (χ1n) is 7.78. The lowest BCUT2D eigenvalue weighted by atomic mass is 10.0. The van der Waals surface area contributed by atoms with Gasteiger partial charge in [0.1, 0.15) is 12.1 Å².